The molecule has 2 aromatic rings. The van der Waals surface area contributed by atoms with E-state index in [9.17, 15) is 0 Å². The van der Waals surface area contributed by atoms with Crippen molar-refractivity contribution in [2.24, 2.45) is 0 Å². The lowest BCUT2D eigenvalue weighted by Crippen LogP contribution is -2.02. The van der Waals surface area contributed by atoms with Crippen LogP contribution in [0, 0.1) is 6.92 Å². The Balaban J connectivity index is 2.48. The van der Waals surface area contributed by atoms with Crippen LogP contribution in [0.2, 0.25) is 0 Å². The first-order chi connectivity index (χ1) is 6.79. The molecule has 0 spiro atoms. The van der Waals surface area contributed by atoms with Crippen molar-refractivity contribution in [3.8, 4) is 5.82 Å². The lowest BCUT2D eigenvalue weighted by Gasteiger charge is -2.04. The monoisotopic (exact) mass is 189 g/mol. The van der Waals surface area contributed by atoms with Gasteiger partial charge < -0.3 is 5.32 Å². The van der Waals surface area contributed by atoms with Crippen molar-refractivity contribution < 1.29 is 0 Å². The Morgan fingerprint density at radius 3 is 2.86 bits per heavy atom. The van der Waals surface area contributed by atoms with Crippen molar-refractivity contribution in [1.29, 1.82) is 0 Å². The minimum atomic E-state index is 0.619. The van der Waals surface area contributed by atoms with Crippen molar-refractivity contribution in [3.63, 3.8) is 0 Å². The molecule has 0 saturated carbocycles. The maximum atomic E-state index is 4.30. The van der Waals surface area contributed by atoms with Crippen molar-refractivity contribution in [2.45, 2.75) is 6.92 Å². The van der Waals surface area contributed by atoms with Crippen LogP contribution in [-0.4, -0.2) is 26.6 Å². The quantitative estimate of drug-likeness (QED) is 0.766. The molecule has 2 heterocycles. The lowest BCUT2D eigenvalue weighted by molar-refractivity contribution is 0.958. The Morgan fingerprint density at radius 1 is 1.36 bits per heavy atom. The summed E-state index contributed by atoms with van der Waals surface area (Å²) in [6, 6.07) is 1.91. The molecule has 0 saturated heterocycles. The van der Waals surface area contributed by atoms with Crippen LogP contribution in [0.25, 0.3) is 5.82 Å². The number of hydrogen-bond acceptors (Lipinski definition) is 4. The standard InChI is InChI=1S/C9H11N5/c1-7-5-8(13-9(10-2)12-7)14-4-3-11-6-14/h3-6H,1-2H3,(H,10,12,13). The molecule has 0 aliphatic rings. The fourth-order valence-electron chi connectivity index (χ4n) is 1.19. The lowest BCUT2D eigenvalue weighted by atomic mass is 10.4. The van der Waals surface area contributed by atoms with Gasteiger partial charge in [-0.2, -0.15) is 4.98 Å². The normalized spacial score (nSPS) is 10.1. The number of anilines is 1. The van der Waals surface area contributed by atoms with Crippen LogP contribution >= 0.6 is 0 Å². The zero-order valence-electron chi connectivity index (χ0n) is 8.10. The second-order valence-electron chi connectivity index (χ2n) is 2.91. The van der Waals surface area contributed by atoms with Gasteiger partial charge in [0.1, 0.15) is 12.1 Å². The van der Waals surface area contributed by atoms with E-state index in [-0.39, 0.29) is 0 Å². The molecule has 0 bridgehead atoms. The number of hydrogen-bond donors (Lipinski definition) is 1. The van der Waals surface area contributed by atoms with Crippen LogP contribution in [-0.2, 0) is 0 Å². The maximum Gasteiger partial charge on any atom is 0.224 e. The summed E-state index contributed by atoms with van der Waals surface area (Å²) in [6.07, 6.45) is 5.28. The van der Waals surface area contributed by atoms with E-state index in [0.717, 1.165) is 11.5 Å². The Kier molecular flexibility index (Phi) is 2.14. The van der Waals surface area contributed by atoms with Gasteiger partial charge in [-0.15, -0.1) is 0 Å². The summed E-state index contributed by atoms with van der Waals surface area (Å²) in [4.78, 5) is 12.5. The highest BCUT2D eigenvalue weighted by Crippen LogP contribution is 2.08. The number of nitrogens with zero attached hydrogens (tertiary/aromatic N) is 4. The van der Waals surface area contributed by atoms with E-state index in [2.05, 4.69) is 20.3 Å². The molecule has 5 nitrogen and oxygen atoms in total. The molecule has 5 heteroatoms. The van der Waals surface area contributed by atoms with Gasteiger partial charge in [-0.25, -0.2) is 9.97 Å². The van der Waals surface area contributed by atoms with Crippen LogP contribution < -0.4 is 5.32 Å². The first kappa shape index (κ1) is 8.68. The molecule has 1 N–H and O–H groups in total. The summed E-state index contributed by atoms with van der Waals surface area (Å²) in [5, 5.41) is 2.91. The SMILES string of the molecule is CNc1nc(C)cc(-n2ccnc2)n1. The van der Waals surface area contributed by atoms with Gasteiger partial charge in [0.15, 0.2) is 0 Å². The van der Waals surface area contributed by atoms with Gasteiger partial charge in [0.2, 0.25) is 5.95 Å². The summed E-state index contributed by atoms with van der Waals surface area (Å²) in [5.74, 6) is 1.44. The summed E-state index contributed by atoms with van der Waals surface area (Å²) < 4.78 is 1.84. The molecular weight excluding hydrogens is 178 g/mol. The third-order valence-corrected chi connectivity index (χ3v) is 1.83. The Labute approximate surface area is 81.8 Å². The fourth-order valence-corrected chi connectivity index (χ4v) is 1.19. The van der Waals surface area contributed by atoms with Gasteiger partial charge in [-0.1, -0.05) is 0 Å². The second kappa shape index (κ2) is 3.45. The molecule has 0 fully saturated rings. The molecular formula is C9H11N5. The average Bonchev–Trinajstić information content (AvgIpc) is 2.69. The topological polar surface area (TPSA) is 55.6 Å². The molecule has 72 valence electrons. The highest BCUT2D eigenvalue weighted by atomic mass is 15.2. The molecule has 0 atom stereocenters. The second-order valence-corrected chi connectivity index (χ2v) is 2.91. The van der Waals surface area contributed by atoms with Gasteiger partial charge in [-0.05, 0) is 6.92 Å². The minimum absolute atomic E-state index is 0.619. The van der Waals surface area contributed by atoms with Crippen LogP contribution in [0.1, 0.15) is 5.69 Å². The minimum Gasteiger partial charge on any atom is -0.357 e. The summed E-state index contributed by atoms with van der Waals surface area (Å²) in [7, 11) is 1.80. The molecule has 0 unspecified atom stereocenters. The highest BCUT2D eigenvalue weighted by molar-refractivity contribution is 5.34. The van der Waals surface area contributed by atoms with Crippen LogP contribution in [0.3, 0.4) is 0 Å². The molecule has 0 aliphatic carbocycles. The largest absolute Gasteiger partial charge is 0.357 e. The van der Waals surface area contributed by atoms with Crippen LogP contribution in [0.4, 0.5) is 5.95 Å². The van der Waals surface area contributed by atoms with Gasteiger partial charge in [0.05, 0.1) is 0 Å². The average molecular weight is 189 g/mol. The highest BCUT2D eigenvalue weighted by Gasteiger charge is 2.01. The number of aromatic nitrogens is 4. The van der Waals surface area contributed by atoms with Crippen LogP contribution in [0.5, 0.6) is 0 Å². The van der Waals surface area contributed by atoms with E-state index in [1.807, 2.05) is 23.8 Å². The Morgan fingerprint density at radius 2 is 2.21 bits per heavy atom. The molecule has 14 heavy (non-hydrogen) atoms. The fraction of sp³-hybridized carbons (Fsp3) is 0.222. The van der Waals surface area contributed by atoms with E-state index in [1.54, 1.807) is 19.6 Å². The van der Waals surface area contributed by atoms with E-state index in [4.69, 9.17) is 0 Å². The molecule has 0 aromatic carbocycles. The van der Waals surface area contributed by atoms with E-state index >= 15 is 0 Å². The summed E-state index contributed by atoms with van der Waals surface area (Å²) >= 11 is 0. The van der Waals surface area contributed by atoms with Crippen molar-refractivity contribution in [3.05, 3.63) is 30.5 Å². The van der Waals surface area contributed by atoms with E-state index in [1.165, 1.54) is 0 Å². The van der Waals surface area contributed by atoms with Gasteiger partial charge in [-0.3, -0.25) is 4.57 Å². The number of aryl methyl sites for hydroxylation is 1. The zero-order valence-corrected chi connectivity index (χ0v) is 8.10. The van der Waals surface area contributed by atoms with Gasteiger partial charge >= 0.3 is 0 Å². The molecule has 0 aliphatic heterocycles. The summed E-state index contributed by atoms with van der Waals surface area (Å²) in [6.45, 7) is 1.93. The first-order valence-electron chi connectivity index (χ1n) is 4.31. The maximum absolute atomic E-state index is 4.30. The van der Waals surface area contributed by atoms with Crippen molar-refractivity contribution in [2.75, 3.05) is 12.4 Å². The number of imidazole rings is 1. The summed E-state index contributed by atoms with van der Waals surface area (Å²) in [5.41, 5.74) is 0.924. The Hall–Kier alpha value is -1.91. The molecule has 2 aromatic heterocycles. The van der Waals surface area contributed by atoms with Crippen molar-refractivity contribution >= 4 is 5.95 Å². The Bertz CT molecular complexity index is 421. The molecule has 0 radical (unpaired) electrons. The van der Waals surface area contributed by atoms with E-state index in [0.29, 0.717) is 5.95 Å². The molecule has 0 amide bonds. The van der Waals surface area contributed by atoms with Crippen molar-refractivity contribution in [1.82, 2.24) is 19.5 Å². The van der Waals surface area contributed by atoms with Crippen LogP contribution in [0.15, 0.2) is 24.8 Å². The smallest absolute Gasteiger partial charge is 0.224 e. The van der Waals surface area contributed by atoms with Gasteiger partial charge in [0.25, 0.3) is 0 Å². The predicted molar refractivity (Wildman–Crippen MR) is 53.4 cm³/mol. The predicted octanol–water partition coefficient (Wildman–Crippen LogP) is 1.01. The third kappa shape index (κ3) is 1.56. The molecule has 2 rings (SSSR count). The first-order valence-corrected chi connectivity index (χ1v) is 4.31. The third-order valence-electron chi connectivity index (χ3n) is 1.83. The van der Waals surface area contributed by atoms with Gasteiger partial charge in [0, 0.05) is 31.2 Å². The number of rotatable bonds is 2. The van der Waals surface area contributed by atoms with E-state index < -0.39 is 0 Å². The number of nitrogens with one attached hydrogen (secondary N) is 1. The zero-order chi connectivity index (χ0) is 9.97.